The topological polar surface area (TPSA) is 44.4 Å². The van der Waals surface area contributed by atoms with Gasteiger partial charge in [0.05, 0.1) is 0 Å². The van der Waals surface area contributed by atoms with Crippen LogP contribution >= 0.6 is 0 Å². The lowest BCUT2D eigenvalue weighted by molar-refractivity contribution is 0.155. The van der Waals surface area contributed by atoms with Crippen LogP contribution < -0.4 is 10.6 Å². The van der Waals surface area contributed by atoms with E-state index in [2.05, 4.69) is 17.6 Å². The molecule has 2 rings (SSSR count). The summed E-state index contributed by atoms with van der Waals surface area (Å²) in [4.78, 5) is 13.1. The molecule has 1 aliphatic heterocycles. The van der Waals surface area contributed by atoms with Crippen LogP contribution in [0.1, 0.15) is 26.2 Å². The predicted octanol–water partition coefficient (Wildman–Crippen LogP) is 0.791. The predicted molar refractivity (Wildman–Crippen MR) is 59.8 cm³/mol. The highest BCUT2D eigenvalue weighted by Crippen LogP contribution is 2.39. The lowest BCUT2D eigenvalue weighted by atomic mass is 9.70. The quantitative estimate of drug-likeness (QED) is 0.660. The first kappa shape index (κ1) is 10.7. The fourth-order valence-electron chi connectivity index (χ4n) is 2.29. The summed E-state index contributed by atoms with van der Waals surface area (Å²) in [7, 11) is 0. The molecular weight excluding hydrogens is 190 g/mol. The monoisotopic (exact) mass is 211 g/mol. The van der Waals surface area contributed by atoms with Gasteiger partial charge in [0.1, 0.15) is 0 Å². The highest BCUT2D eigenvalue weighted by atomic mass is 16.2. The molecule has 2 amide bonds. The van der Waals surface area contributed by atoms with Gasteiger partial charge in [-0.2, -0.15) is 0 Å². The van der Waals surface area contributed by atoms with Crippen LogP contribution in [0.5, 0.6) is 0 Å². The number of rotatable bonds is 5. The number of amides is 2. The van der Waals surface area contributed by atoms with Crippen molar-refractivity contribution in [1.29, 1.82) is 0 Å². The van der Waals surface area contributed by atoms with Crippen molar-refractivity contribution in [2.45, 2.75) is 26.2 Å². The van der Waals surface area contributed by atoms with Crippen LogP contribution in [0.15, 0.2) is 0 Å². The first-order valence-corrected chi connectivity index (χ1v) is 5.93. The fourth-order valence-corrected chi connectivity index (χ4v) is 2.29. The fraction of sp³-hybridized carbons (Fsp3) is 0.909. The Bertz CT molecular complexity index is 238. The van der Waals surface area contributed by atoms with Crippen molar-refractivity contribution in [3.63, 3.8) is 0 Å². The van der Waals surface area contributed by atoms with E-state index in [1.165, 1.54) is 19.3 Å². The maximum atomic E-state index is 11.2. The summed E-state index contributed by atoms with van der Waals surface area (Å²) in [5, 5.41) is 6.26. The summed E-state index contributed by atoms with van der Waals surface area (Å²) in [6.07, 6.45) is 4.08. The second-order valence-corrected chi connectivity index (χ2v) is 5.06. The average Bonchev–Trinajstić information content (AvgIpc) is 2.56. The summed E-state index contributed by atoms with van der Waals surface area (Å²) >= 11 is 0. The Labute approximate surface area is 91.4 Å². The summed E-state index contributed by atoms with van der Waals surface area (Å²) in [6.45, 7) is 6.85. The van der Waals surface area contributed by atoms with E-state index in [1.54, 1.807) is 0 Å². The molecular formula is C11H21N3O. The number of urea groups is 1. The van der Waals surface area contributed by atoms with Gasteiger partial charge in [-0.25, -0.2) is 4.79 Å². The van der Waals surface area contributed by atoms with Crippen LogP contribution in [0.2, 0.25) is 0 Å². The summed E-state index contributed by atoms with van der Waals surface area (Å²) in [5.41, 5.74) is 0.535. The van der Waals surface area contributed by atoms with Crippen LogP contribution in [0.4, 0.5) is 4.79 Å². The van der Waals surface area contributed by atoms with Gasteiger partial charge in [-0.3, -0.25) is 0 Å². The van der Waals surface area contributed by atoms with E-state index >= 15 is 0 Å². The third-order valence-electron chi connectivity index (χ3n) is 3.62. The average molecular weight is 211 g/mol. The van der Waals surface area contributed by atoms with Gasteiger partial charge in [0, 0.05) is 32.7 Å². The number of nitrogens with zero attached hydrogens (tertiary/aromatic N) is 1. The van der Waals surface area contributed by atoms with E-state index in [1.807, 2.05) is 4.90 Å². The molecule has 0 bridgehead atoms. The van der Waals surface area contributed by atoms with Crippen molar-refractivity contribution in [3.8, 4) is 0 Å². The molecule has 0 spiro atoms. The van der Waals surface area contributed by atoms with Crippen LogP contribution in [0.3, 0.4) is 0 Å². The minimum absolute atomic E-state index is 0.0895. The van der Waals surface area contributed by atoms with E-state index in [0.29, 0.717) is 5.41 Å². The third kappa shape index (κ3) is 2.62. The Hall–Kier alpha value is -0.770. The zero-order chi connectivity index (χ0) is 10.7. The van der Waals surface area contributed by atoms with Crippen LogP contribution in [0.25, 0.3) is 0 Å². The van der Waals surface area contributed by atoms with Crippen LogP contribution in [0, 0.1) is 5.41 Å². The molecule has 0 unspecified atom stereocenters. The van der Waals surface area contributed by atoms with Gasteiger partial charge in [-0.05, 0) is 18.3 Å². The van der Waals surface area contributed by atoms with Gasteiger partial charge in [-0.1, -0.05) is 13.3 Å². The van der Waals surface area contributed by atoms with Crippen LogP contribution in [-0.4, -0.2) is 43.7 Å². The normalized spacial score (nSPS) is 23.8. The molecule has 4 nitrogen and oxygen atoms in total. The van der Waals surface area contributed by atoms with E-state index in [0.717, 1.165) is 32.7 Å². The van der Waals surface area contributed by atoms with E-state index in [4.69, 9.17) is 0 Å². The van der Waals surface area contributed by atoms with Crippen molar-refractivity contribution in [3.05, 3.63) is 0 Å². The molecule has 0 aromatic heterocycles. The van der Waals surface area contributed by atoms with Gasteiger partial charge in [-0.15, -0.1) is 0 Å². The number of carbonyl (C=O) groups excluding carboxylic acids is 1. The molecule has 15 heavy (non-hydrogen) atoms. The maximum absolute atomic E-state index is 11.2. The number of hydrogen-bond acceptors (Lipinski definition) is 2. The molecule has 0 radical (unpaired) electrons. The van der Waals surface area contributed by atoms with Gasteiger partial charge < -0.3 is 15.5 Å². The molecule has 0 aromatic carbocycles. The number of nitrogens with one attached hydrogen (secondary N) is 2. The number of hydrogen-bond donors (Lipinski definition) is 2. The first-order chi connectivity index (χ1) is 7.20. The Morgan fingerprint density at radius 3 is 2.87 bits per heavy atom. The minimum Gasteiger partial charge on any atom is -0.336 e. The number of carbonyl (C=O) groups is 1. The Kier molecular flexibility index (Phi) is 3.14. The standard InChI is InChI=1S/C11H21N3O/c1-11(3-2-4-11)9-12-5-7-14-8-6-13-10(14)15/h12H,2-9H2,1H3,(H,13,15). The minimum atomic E-state index is 0.0895. The lowest BCUT2D eigenvalue weighted by Gasteiger charge is -2.38. The summed E-state index contributed by atoms with van der Waals surface area (Å²) in [6, 6.07) is 0.0895. The Morgan fingerprint density at radius 1 is 1.53 bits per heavy atom. The van der Waals surface area contributed by atoms with E-state index < -0.39 is 0 Å². The second kappa shape index (κ2) is 4.39. The highest BCUT2D eigenvalue weighted by molar-refractivity contribution is 5.76. The van der Waals surface area contributed by atoms with Gasteiger partial charge >= 0.3 is 6.03 Å². The summed E-state index contributed by atoms with van der Waals surface area (Å²) < 4.78 is 0. The highest BCUT2D eigenvalue weighted by Gasteiger charge is 2.31. The lowest BCUT2D eigenvalue weighted by Crippen LogP contribution is -2.41. The van der Waals surface area contributed by atoms with Crippen LogP contribution in [-0.2, 0) is 0 Å². The first-order valence-electron chi connectivity index (χ1n) is 5.93. The Morgan fingerprint density at radius 2 is 2.33 bits per heavy atom. The van der Waals surface area contributed by atoms with Crippen molar-refractivity contribution in [1.82, 2.24) is 15.5 Å². The molecule has 2 N–H and O–H groups in total. The van der Waals surface area contributed by atoms with E-state index in [-0.39, 0.29) is 6.03 Å². The second-order valence-electron chi connectivity index (χ2n) is 5.06. The molecule has 1 aliphatic carbocycles. The molecule has 2 fully saturated rings. The van der Waals surface area contributed by atoms with Gasteiger partial charge in [0.15, 0.2) is 0 Å². The maximum Gasteiger partial charge on any atom is 0.317 e. The zero-order valence-corrected chi connectivity index (χ0v) is 9.51. The molecule has 0 aromatic rings. The summed E-state index contributed by atoms with van der Waals surface area (Å²) in [5.74, 6) is 0. The zero-order valence-electron chi connectivity index (χ0n) is 9.51. The molecule has 2 aliphatic rings. The molecule has 86 valence electrons. The largest absolute Gasteiger partial charge is 0.336 e. The third-order valence-corrected chi connectivity index (χ3v) is 3.62. The SMILES string of the molecule is CC1(CNCCN2CCNC2=O)CCC1. The van der Waals surface area contributed by atoms with Crippen molar-refractivity contribution in [2.24, 2.45) is 5.41 Å². The Balaban J connectivity index is 1.56. The van der Waals surface area contributed by atoms with Gasteiger partial charge in [0.2, 0.25) is 0 Å². The van der Waals surface area contributed by atoms with Crippen molar-refractivity contribution >= 4 is 6.03 Å². The van der Waals surface area contributed by atoms with E-state index in [9.17, 15) is 4.79 Å². The molecule has 1 heterocycles. The molecule has 0 atom stereocenters. The molecule has 1 saturated heterocycles. The van der Waals surface area contributed by atoms with Crippen molar-refractivity contribution in [2.75, 3.05) is 32.7 Å². The molecule has 4 heteroatoms. The smallest absolute Gasteiger partial charge is 0.317 e. The molecule has 1 saturated carbocycles. The van der Waals surface area contributed by atoms with Gasteiger partial charge in [0.25, 0.3) is 0 Å². The van der Waals surface area contributed by atoms with Crippen molar-refractivity contribution < 1.29 is 4.79 Å².